The van der Waals surface area contributed by atoms with E-state index in [2.05, 4.69) is 26.1 Å². The highest BCUT2D eigenvalue weighted by Crippen LogP contribution is 2.24. The van der Waals surface area contributed by atoms with E-state index in [0.29, 0.717) is 16.6 Å². The van der Waals surface area contributed by atoms with Crippen molar-refractivity contribution in [1.82, 2.24) is 10.2 Å². The zero-order chi connectivity index (χ0) is 13.9. The van der Waals surface area contributed by atoms with Crippen LogP contribution in [0.4, 0.5) is 4.39 Å². The summed E-state index contributed by atoms with van der Waals surface area (Å²) in [6, 6.07) is 6.32. The van der Waals surface area contributed by atoms with Crippen LogP contribution in [0.3, 0.4) is 0 Å². The minimum atomic E-state index is -0.191. The normalized spacial score (nSPS) is 24.0. The molecule has 1 N–H and O–H groups in total. The van der Waals surface area contributed by atoms with E-state index in [1.807, 2.05) is 6.07 Å². The van der Waals surface area contributed by atoms with Crippen molar-refractivity contribution >= 4 is 15.9 Å². The molecule has 1 aliphatic heterocycles. The van der Waals surface area contributed by atoms with E-state index in [-0.39, 0.29) is 5.82 Å². The maximum Gasteiger partial charge on any atom is 0.137 e. The summed E-state index contributed by atoms with van der Waals surface area (Å²) in [6.07, 6.45) is 2.59. The Morgan fingerprint density at radius 2 is 2.25 bits per heavy atom. The summed E-state index contributed by atoms with van der Waals surface area (Å²) >= 11 is 3.35. The number of ether oxygens (including phenoxy) is 1. The van der Waals surface area contributed by atoms with Gasteiger partial charge in [0.2, 0.25) is 0 Å². The van der Waals surface area contributed by atoms with Crippen molar-refractivity contribution in [1.29, 1.82) is 0 Å². The topological polar surface area (TPSA) is 24.5 Å². The van der Waals surface area contributed by atoms with E-state index >= 15 is 0 Å². The van der Waals surface area contributed by atoms with Crippen molar-refractivity contribution in [3.05, 3.63) is 34.1 Å². The van der Waals surface area contributed by atoms with Crippen LogP contribution >= 0.6 is 15.9 Å². The SMILES string of the molecule is Fc1cccc(CN2CCOCC2CNC2CC2)c1Br. The highest BCUT2D eigenvalue weighted by molar-refractivity contribution is 9.10. The lowest BCUT2D eigenvalue weighted by molar-refractivity contribution is -0.0111. The lowest BCUT2D eigenvalue weighted by Crippen LogP contribution is -2.50. The molecule has 1 aliphatic carbocycles. The van der Waals surface area contributed by atoms with Gasteiger partial charge in [-0.3, -0.25) is 4.90 Å². The van der Waals surface area contributed by atoms with Crippen molar-refractivity contribution < 1.29 is 9.13 Å². The monoisotopic (exact) mass is 342 g/mol. The molecule has 0 radical (unpaired) electrons. The number of morpholine rings is 1. The van der Waals surface area contributed by atoms with Gasteiger partial charge in [-0.05, 0) is 40.4 Å². The van der Waals surface area contributed by atoms with Gasteiger partial charge in [0.15, 0.2) is 0 Å². The number of benzene rings is 1. The van der Waals surface area contributed by atoms with Crippen LogP contribution < -0.4 is 5.32 Å². The van der Waals surface area contributed by atoms with E-state index in [4.69, 9.17) is 4.74 Å². The summed E-state index contributed by atoms with van der Waals surface area (Å²) in [4.78, 5) is 2.39. The Bertz CT molecular complexity index is 467. The fraction of sp³-hybridized carbons (Fsp3) is 0.600. The molecule has 3 nitrogen and oxygen atoms in total. The van der Waals surface area contributed by atoms with Crippen LogP contribution in [-0.2, 0) is 11.3 Å². The molecule has 3 rings (SSSR count). The van der Waals surface area contributed by atoms with Gasteiger partial charge in [-0.15, -0.1) is 0 Å². The van der Waals surface area contributed by atoms with Crippen molar-refractivity contribution in [3.8, 4) is 0 Å². The average molecular weight is 343 g/mol. The molecule has 1 aromatic rings. The molecule has 1 saturated carbocycles. The van der Waals surface area contributed by atoms with Gasteiger partial charge < -0.3 is 10.1 Å². The minimum absolute atomic E-state index is 0.191. The number of nitrogens with zero attached hydrogens (tertiary/aromatic N) is 1. The fourth-order valence-electron chi connectivity index (χ4n) is 2.56. The molecule has 0 amide bonds. The molecule has 0 aromatic heterocycles. The van der Waals surface area contributed by atoms with Crippen LogP contribution in [0.15, 0.2) is 22.7 Å². The Hall–Kier alpha value is -0.490. The Labute approximate surface area is 127 Å². The predicted molar refractivity (Wildman–Crippen MR) is 80.1 cm³/mol. The van der Waals surface area contributed by atoms with Crippen LogP contribution in [0, 0.1) is 5.82 Å². The Morgan fingerprint density at radius 1 is 1.40 bits per heavy atom. The zero-order valence-corrected chi connectivity index (χ0v) is 13.0. The van der Waals surface area contributed by atoms with Crippen molar-refractivity contribution in [3.63, 3.8) is 0 Å². The fourth-order valence-corrected chi connectivity index (χ4v) is 2.95. The second kappa shape index (κ2) is 6.52. The number of rotatable bonds is 5. The first kappa shape index (κ1) is 14.4. The van der Waals surface area contributed by atoms with E-state index < -0.39 is 0 Å². The average Bonchev–Trinajstić information content (AvgIpc) is 3.27. The Morgan fingerprint density at radius 3 is 3.05 bits per heavy atom. The second-order valence-corrected chi connectivity index (χ2v) is 6.39. The van der Waals surface area contributed by atoms with Gasteiger partial charge in [0.25, 0.3) is 0 Å². The summed E-state index contributed by atoms with van der Waals surface area (Å²) in [5.41, 5.74) is 1.00. The van der Waals surface area contributed by atoms with E-state index in [0.717, 1.165) is 38.4 Å². The Kier molecular flexibility index (Phi) is 4.71. The molecule has 0 spiro atoms. The number of hydrogen-bond donors (Lipinski definition) is 1. The Balaban J connectivity index is 1.64. The van der Waals surface area contributed by atoms with Crippen LogP contribution in [0.5, 0.6) is 0 Å². The van der Waals surface area contributed by atoms with Crippen molar-refractivity contribution in [2.45, 2.75) is 31.5 Å². The molecule has 2 fully saturated rings. The van der Waals surface area contributed by atoms with Crippen molar-refractivity contribution in [2.75, 3.05) is 26.3 Å². The summed E-state index contributed by atoms with van der Waals surface area (Å²) in [5, 5.41) is 3.56. The molecule has 0 bridgehead atoms. The van der Waals surface area contributed by atoms with Crippen LogP contribution in [0.2, 0.25) is 0 Å². The molecule has 20 heavy (non-hydrogen) atoms. The molecule has 1 heterocycles. The molecular weight excluding hydrogens is 323 g/mol. The van der Waals surface area contributed by atoms with E-state index in [1.54, 1.807) is 6.07 Å². The van der Waals surface area contributed by atoms with Crippen LogP contribution in [0.1, 0.15) is 18.4 Å². The third-order valence-electron chi connectivity index (χ3n) is 3.97. The first-order chi connectivity index (χ1) is 9.74. The largest absolute Gasteiger partial charge is 0.378 e. The molecule has 1 aromatic carbocycles. The first-order valence-corrected chi connectivity index (χ1v) is 8.01. The predicted octanol–water partition coefficient (Wildman–Crippen LogP) is 2.54. The highest BCUT2D eigenvalue weighted by Gasteiger charge is 2.27. The van der Waals surface area contributed by atoms with Gasteiger partial charge in [0.1, 0.15) is 5.82 Å². The molecule has 1 saturated heterocycles. The van der Waals surface area contributed by atoms with Gasteiger partial charge in [0, 0.05) is 31.7 Å². The zero-order valence-electron chi connectivity index (χ0n) is 11.4. The van der Waals surface area contributed by atoms with Gasteiger partial charge >= 0.3 is 0 Å². The quantitative estimate of drug-likeness (QED) is 0.889. The summed E-state index contributed by atoms with van der Waals surface area (Å²) < 4.78 is 19.8. The number of halogens is 2. The molecular formula is C15H20BrFN2O. The van der Waals surface area contributed by atoms with Crippen molar-refractivity contribution in [2.24, 2.45) is 0 Å². The third kappa shape index (κ3) is 3.58. The maximum absolute atomic E-state index is 13.6. The number of hydrogen-bond acceptors (Lipinski definition) is 3. The van der Waals surface area contributed by atoms with E-state index in [9.17, 15) is 4.39 Å². The molecule has 110 valence electrons. The molecule has 1 atom stereocenters. The maximum atomic E-state index is 13.6. The summed E-state index contributed by atoms with van der Waals surface area (Å²) in [6.45, 7) is 4.13. The first-order valence-electron chi connectivity index (χ1n) is 7.22. The number of nitrogens with one attached hydrogen (secondary N) is 1. The molecule has 2 aliphatic rings. The summed E-state index contributed by atoms with van der Waals surface area (Å²) in [5.74, 6) is -0.191. The van der Waals surface area contributed by atoms with Crippen LogP contribution in [0.25, 0.3) is 0 Å². The van der Waals surface area contributed by atoms with E-state index in [1.165, 1.54) is 18.9 Å². The molecule has 5 heteroatoms. The van der Waals surface area contributed by atoms with Crippen LogP contribution in [-0.4, -0.2) is 43.3 Å². The molecule has 1 unspecified atom stereocenters. The van der Waals surface area contributed by atoms with Gasteiger partial charge in [-0.2, -0.15) is 0 Å². The minimum Gasteiger partial charge on any atom is -0.378 e. The standard InChI is InChI=1S/C15H20BrFN2O/c16-15-11(2-1-3-14(15)17)9-19-6-7-20-10-13(19)8-18-12-4-5-12/h1-3,12-13,18H,4-10H2. The second-order valence-electron chi connectivity index (χ2n) is 5.59. The lowest BCUT2D eigenvalue weighted by Gasteiger charge is -2.36. The third-order valence-corrected chi connectivity index (χ3v) is 4.86. The summed E-state index contributed by atoms with van der Waals surface area (Å²) in [7, 11) is 0. The van der Waals surface area contributed by atoms with Gasteiger partial charge in [-0.25, -0.2) is 4.39 Å². The smallest absolute Gasteiger partial charge is 0.137 e. The highest BCUT2D eigenvalue weighted by atomic mass is 79.9. The van der Waals surface area contributed by atoms with Gasteiger partial charge in [0.05, 0.1) is 17.7 Å². The lowest BCUT2D eigenvalue weighted by atomic mass is 10.1. The van der Waals surface area contributed by atoms with Gasteiger partial charge in [-0.1, -0.05) is 12.1 Å².